The molecule has 0 aromatic heterocycles. The molecule has 2 atom stereocenters. The van der Waals surface area contributed by atoms with E-state index in [2.05, 4.69) is 34.6 Å². The van der Waals surface area contributed by atoms with Crippen LogP contribution in [0.3, 0.4) is 0 Å². The standard InChI is InChI=1S/C12H26O/c1-6-11(7-2)8-12(13)10(5)9(3)4/h9-13H,6-8H2,1-5H3. The van der Waals surface area contributed by atoms with E-state index >= 15 is 0 Å². The minimum Gasteiger partial charge on any atom is -0.393 e. The molecular formula is C12H26O. The van der Waals surface area contributed by atoms with Gasteiger partial charge < -0.3 is 5.11 Å². The van der Waals surface area contributed by atoms with Crippen LogP contribution in [0.2, 0.25) is 0 Å². The van der Waals surface area contributed by atoms with Gasteiger partial charge in [0, 0.05) is 0 Å². The van der Waals surface area contributed by atoms with E-state index in [0.717, 1.165) is 6.42 Å². The summed E-state index contributed by atoms with van der Waals surface area (Å²) in [6.07, 6.45) is 3.26. The van der Waals surface area contributed by atoms with Gasteiger partial charge in [0.15, 0.2) is 0 Å². The highest BCUT2D eigenvalue weighted by molar-refractivity contribution is 4.70. The molecule has 0 aromatic carbocycles. The van der Waals surface area contributed by atoms with Crippen LogP contribution in [0.4, 0.5) is 0 Å². The molecule has 0 heterocycles. The average molecular weight is 186 g/mol. The van der Waals surface area contributed by atoms with Crippen molar-refractivity contribution in [2.75, 3.05) is 0 Å². The monoisotopic (exact) mass is 186 g/mol. The molecule has 0 aliphatic carbocycles. The lowest BCUT2D eigenvalue weighted by atomic mass is 9.85. The quantitative estimate of drug-likeness (QED) is 0.673. The summed E-state index contributed by atoms with van der Waals surface area (Å²) in [4.78, 5) is 0. The van der Waals surface area contributed by atoms with Gasteiger partial charge in [-0.3, -0.25) is 0 Å². The smallest absolute Gasteiger partial charge is 0.0570 e. The molecule has 1 heteroatoms. The Balaban J connectivity index is 3.89. The summed E-state index contributed by atoms with van der Waals surface area (Å²) in [5.41, 5.74) is 0. The fourth-order valence-electron chi connectivity index (χ4n) is 1.62. The largest absolute Gasteiger partial charge is 0.393 e. The van der Waals surface area contributed by atoms with Crippen molar-refractivity contribution in [2.24, 2.45) is 17.8 Å². The lowest BCUT2D eigenvalue weighted by Crippen LogP contribution is -2.24. The summed E-state index contributed by atoms with van der Waals surface area (Å²) in [6, 6.07) is 0. The molecule has 2 unspecified atom stereocenters. The van der Waals surface area contributed by atoms with Gasteiger partial charge in [-0.15, -0.1) is 0 Å². The predicted molar refractivity (Wildman–Crippen MR) is 58.7 cm³/mol. The predicted octanol–water partition coefficient (Wildman–Crippen LogP) is 3.47. The van der Waals surface area contributed by atoms with E-state index in [1.807, 2.05) is 0 Å². The van der Waals surface area contributed by atoms with Gasteiger partial charge in [0.25, 0.3) is 0 Å². The number of aliphatic hydroxyl groups excluding tert-OH is 1. The topological polar surface area (TPSA) is 20.2 Å². The van der Waals surface area contributed by atoms with Crippen molar-refractivity contribution in [1.82, 2.24) is 0 Å². The van der Waals surface area contributed by atoms with E-state index in [0.29, 0.717) is 17.8 Å². The first-order valence-electron chi connectivity index (χ1n) is 5.70. The van der Waals surface area contributed by atoms with Crippen LogP contribution in [0.25, 0.3) is 0 Å². The first kappa shape index (κ1) is 13.0. The lowest BCUT2D eigenvalue weighted by molar-refractivity contribution is 0.0666. The SMILES string of the molecule is CCC(CC)CC(O)C(C)C(C)C. The second-order valence-electron chi connectivity index (χ2n) is 4.59. The minimum absolute atomic E-state index is 0.107. The van der Waals surface area contributed by atoms with Crippen molar-refractivity contribution in [2.45, 2.75) is 60.0 Å². The highest BCUT2D eigenvalue weighted by Gasteiger charge is 2.20. The van der Waals surface area contributed by atoms with Crippen LogP contribution in [0.15, 0.2) is 0 Å². The third-order valence-corrected chi connectivity index (χ3v) is 3.39. The second-order valence-corrected chi connectivity index (χ2v) is 4.59. The van der Waals surface area contributed by atoms with Gasteiger partial charge >= 0.3 is 0 Å². The summed E-state index contributed by atoms with van der Waals surface area (Å²) in [5.74, 6) is 1.72. The molecule has 0 saturated heterocycles. The molecule has 0 radical (unpaired) electrons. The first-order chi connectivity index (χ1) is 6.02. The molecule has 13 heavy (non-hydrogen) atoms. The molecule has 1 nitrogen and oxygen atoms in total. The Labute approximate surface area is 83.5 Å². The van der Waals surface area contributed by atoms with Crippen molar-refractivity contribution in [1.29, 1.82) is 0 Å². The normalized spacial score (nSPS) is 16.6. The molecule has 0 saturated carbocycles. The lowest BCUT2D eigenvalue weighted by Gasteiger charge is -2.25. The van der Waals surface area contributed by atoms with Crippen LogP contribution in [-0.2, 0) is 0 Å². The molecule has 0 amide bonds. The zero-order valence-electron chi connectivity index (χ0n) is 9.88. The van der Waals surface area contributed by atoms with E-state index in [4.69, 9.17) is 0 Å². The zero-order chi connectivity index (χ0) is 10.4. The summed E-state index contributed by atoms with van der Waals surface area (Å²) in [5, 5.41) is 9.92. The van der Waals surface area contributed by atoms with Crippen LogP contribution < -0.4 is 0 Å². The maximum Gasteiger partial charge on any atom is 0.0570 e. The third kappa shape index (κ3) is 4.66. The number of rotatable bonds is 6. The molecule has 0 aliphatic rings. The summed E-state index contributed by atoms with van der Waals surface area (Å²) < 4.78 is 0. The Morgan fingerprint density at radius 1 is 1.00 bits per heavy atom. The average Bonchev–Trinajstić information content (AvgIpc) is 2.12. The highest BCUT2D eigenvalue weighted by Crippen LogP contribution is 2.23. The van der Waals surface area contributed by atoms with Gasteiger partial charge in [-0.1, -0.05) is 47.5 Å². The fourth-order valence-corrected chi connectivity index (χ4v) is 1.62. The maximum atomic E-state index is 9.92. The summed E-state index contributed by atoms with van der Waals surface area (Å²) in [7, 11) is 0. The Morgan fingerprint density at radius 3 is 1.77 bits per heavy atom. The van der Waals surface area contributed by atoms with Crippen LogP contribution in [0.5, 0.6) is 0 Å². The van der Waals surface area contributed by atoms with Gasteiger partial charge in [-0.2, -0.15) is 0 Å². The Hall–Kier alpha value is -0.0400. The van der Waals surface area contributed by atoms with Crippen LogP contribution in [0, 0.1) is 17.8 Å². The van der Waals surface area contributed by atoms with E-state index in [-0.39, 0.29) is 6.10 Å². The minimum atomic E-state index is -0.107. The second kappa shape index (κ2) is 6.42. The molecule has 1 N–H and O–H groups in total. The molecule has 0 spiro atoms. The molecule has 0 aliphatic heterocycles. The Bertz CT molecular complexity index is 116. The van der Waals surface area contributed by atoms with E-state index in [1.54, 1.807) is 0 Å². The molecule has 0 rings (SSSR count). The van der Waals surface area contributed by atoms with Crippen LogP contribution >= 0.6 is 0 Å². The number of hydrogen-bond donors (Lipinski definition) is 1. The van der Waals surface area contributed by atoms with Crippen molar-refractivity contribution >= 4 is 0 Å². The molecule has 80 valence electrons. The number of hydrogen-bond acceptors (Lipinski definition) is 1. The number of aliphatic hydroxyl groups is 1. The molecule has 0 aromatic rings. The van der Waals surface area contributed by atoms with E-state index < -0.39 is 0 Å². The van der Waals surface area contributed by atoms with Crippen molar-refractivity contribution in [3.63, 3.8) is 0 Å². The van der Waals surface area contributed by atoms with Gasteiger partial charge in [0.1, 0.15) is 0 Å². The van der Waals surface area contributed by atoms with Crippen LogP contribution in [-0.4, -0.2) is 11.2 Å². The highest BCUT2D eigenvalue weighted by atomic mass is 16.3. The molecule has 0 bridgehead atoms. The Kier molecular flexibility index (Phi) is 6.40. The van der Waals surface area contributed by atoms with Crippen molar-refractivity contribution in [3.8, 4) is 0 Å². The summed E-state index contributed by atoms with van der Waals surface area (Å²) >= 11 is 0. The van der Waals surface area contributed by atoms with Gasteiger partial charge in [0.05, 0.1) is 6.10 Å². The van der Waals surface area contributed by atoms with Gasteiger partial charge in [-0.05, 0) is 24.2 Å². The molecular weight excluding hydrogens is 160 g/mol. The van der Waals surface area contributed by atoms with Crippen molar-refractivity contribution < 1.29 is 5.11 Å². The fraction of sp³-hybridized carbons (Fsp3) is 1.00. The van der Waals surface area contributed by atoms with E-state index in [9.17, 15) is 5.11 Å². The molecule has 0 fully saturated rings. The third-order valence-electron chi connectivity index (χ3n) is 3.39. The maximum absolute atomic E-state index is 9.92. The first-order valence-corrected chi connectivity index (χ1v) is 5.70. The van der Waals surface area contributed by atoms with Gasteiger partial charge in [-0.25, -0.2) is 0 Å². The van der Waals surface area contributed by atoms with Crippen molar-refractivity contribution in [3.05, 3.63) is 0 Å². The Morgan fingerprint density at radius 2 is 1.46 bits per heavy atom. The summed E-state index contributed by atoms with van der Waals surface area (Å²) in [6.45, 7) is 10.9. The van der Waals surface area contributed by atoms with E-state index in [1.165, 1.54) is 12.8 Å². The van der Waals surface area contributed by atoms with Gasteiger partial charge in [0.2, 0.25) is 0 Å². The van der Waals surface area contributed by atoms with Crippen LogP contribution in [0.1, 0.15) is 53.9 Å². The zero-order valence-corrected chi connectivity index (χ0v) is 9.88.